The lowest BCUT2D eigenvalue weighted by atomic mass is 10.1. The monoisotopic (exact) mass is 459 g/mol. The molecule has 0 radical (unpaired) electrons. The minimum absolute atomic E-state index is 0.121. The Kier molecular flexibility index (Phi) is 7.12. The Hall–Kier alpha value is -3.84. The molecule has 0 bridgehead atoms. The van der Waals surface area contributed by atoms with Crippen LogP contribution in [0, 0.1) is 11.3 Å². The number of carbonyl (C=O) groups excluding carboxylic acids is 1. The van der Waals surface area contributed by atoms with E-state index in [4.69, 9.17) is 14.7 Å². The maximum absolute atomic E-state index is 12.9. The van der Waals surface area contributed by atoms with Gasteiger partial charge in [0, 0.05) is 17.0 Å². The molecule has 0 saturated carbocycles. The maximum atomic E-state index is 12.9. The minimum atomic E-state index is -4.45. The third-order valence-electron chi connectivity index (χ3n) is 4.13. The van der Waals surface area contributed by atoms with Crippen molar-refractivity contribution < 1.29 is 27.4 Å². The minimum Gasteiger partial charge on any atom is -0.493 e. The van der Waals surface area contributed by atoms with Gasteiger partial charge in [-0.3, -0.25) is 10.1 Å². The van der Waals surface area contributed by atoms with Crippen LogP contribution >= 0.6 is 11.3 Å². The SMILES string of the molecule is COc1cc(/C=C/C(=O)Nc2nc(-c3cccc(C(F)(F)F)c3)cs2)ccc1OCC#N. The van der Waals surface area contributed by atoms with Gasteiger partial charge < -0.3 is 9.47 Å². The number of nitriles is 1. The van der Waals surface area contributed by atoms with Crippen LogP contribution in [0.1, 0.15) is 11.1 Å². The number of thiazole rings is 1. The summed E-state index contributed by atoms with van der Waals surface area (Å²) in [4.78, 5) is 16.4. The Labute approximate surface area is 185 Å². The highest BCUT2D eigenvalue weighted by Gasteiger charge is 2.30. The van der Waals surface area contributed by atoms with Gasteiger partial charge >= 0.3 is 6.18 Å². The van der Waals surface area contributed by atoms with Crippen molar-refractivity contribution in [3.05, 3.63) is 65.0 Å². The van der Waals surface area contributed by atoms with Crippen molar-refractivity contribution in [1.29, 1.82) is 5.26 Å². The van der Waals surface area contributed by atoms with Crippen molar-refractivity contribution in [2.75, 3.05) is 19.0 Å². The van der Waals surface area contributed by atoms with Gasteiger partial charge in [-0.2, -0.15) is 18.4 Å². The van der Waals surface area contributed by atoms with Crippen molar-refractivity contribution in [2.45, 2.75) is 6.18 Å². The molecule has 1 aromatic heterocycles. The first-order valence-electron chi connectivity index (χ1n) is 9.10. The van der Waals surface area contributed by atoms with E-state index < -0.39 is 17.6 Å². The summed E-state index contributed by atoms with van der Waals surface area (Å²) in [5.41, 5.74) is 0.525. The topological polar surface area (TPSA) is 84.2 Å². The van der Waals surface area contributed by atoms with E-state index in [2.05, 4.69) is 10.3 Å². The number of alkyl halides is 3. The van der Waals surface area contributed by atoms with Crippen LogP contribution in [-0.2, 0) is 11.0 Å². The summed E-state index contributed by atoms with van der Waals surface area (Å²) in [5, 5.41) is 13.0. The first-order chi connectivity index (χ1) is 15.3. The lowest BCUT2D eigenvalue weighted by Gasteiger charge is -2.08. The molecule has 0 atom stereocenters. The number of amides is 1. The van der Waals surface area contributed by atoms with Gasteiger partial charge in [-0.15, -0.1) is 11.3 Å². The summed E-state index contributed by atoms with van der Waals surface area (Å²) in [6, 6.07) is 11.6. The standard InChI is InChI=1S/C22H16F3N3O3S/c1-30-19-11-14(5-7-18(19)31-10-9-26)6-8-20(29)28-21-27-17(13-32-21)15-3-2-4-16(12-15)22(23,24)25/h2-8,11-13H,10H2,1H3,(H,27,28,29)/b8-6+. The summed E-state index contributed by atoms with van der Waals surface area (Å²) in [6.45, 7) is -0.121. The van der Waals surface area contributed by atoms with Gasteiger partial charge in [-0.1, -0.05) is 18.2 Å². The molecule has 6 nitrogen and oxygen atoms in total. The van der Waals surface area contributed by atoms with E-state index in [9.17, 15) is 18.0 Å². The molecule has 0 unspecified atom stereocenters. The number of anilines is 1. The number of hydrogen-bond acceptors (Lipinski definition) is 6. The number of carbonyl (C=O) groups is 1. The van der Waals surface area contributed by atoms with Crippen molar-refractivity contribution in [3.63, 3.8) is 0 Å². The molecule has 1 N–H and O–H groups in total. The summed E-state index contributed by atoms with van der Waals surface area (Å²) >= 11 is 1.10. The van der Waals surface area contributed by atoms with Gasteiger partial charge in [0.25, 0.3) is 0 Å². The van der Waals surface area contributed by atoms with Crippen LogP contribution in [0.5, 0.6) is 11.5 Å². The van der Waals surface area contributed by atoms with Crippen molar-refractivity contribution >= 4 is 28.5 Å². The lowest BCUT2D eigenvalue weighted by Crippen LogP contribution is -2.07. The van der Waals surface area contributed by atoms with Gasteiger partial charge in [0.1, 0.15) is 6.07 Å². The summed E-state index contributed by atoms with van der Waals surface area (Å²) in [5.74, 6) is 0.354. The van der Waals surface area contributed by atoms with Crippen LogP contribution in [-0.4, -0.2) is 24.6 Å². The van der Waals surface area contributed by atoms with E-state index in [0.717, 1.165) is 23.5 Å². The van der Waals surface area contributed by atoms with Gasteiger partial charge in [0.15, 0.2) is 23.2 Å². The summed E-state index contributed by atoms with van der Waals surface area (Å²) < 4.78 is 49.2. The molecular formula is C22H16F3N3O3S. The van der Waals surface area contributed by atoms with E-state index in [1.807, 2.05) is 6.07 Å². The first-order valence-corrected chi connectivity index (χ1v) is 9.98. The number of aromatic nitrogens is 1. The molecule has 32 heavy (non-hydrogen) atoms. The molecule has 3 rings (SSSR count). The Bertz CT molecular complexity index is 1180. The smallest absolute Gasteiger partial charge is 0.416 e. The number of hydrogen-bond donors (Lipinski definition) is 1. The lowest BCUT2D eigenvalue weighted by molar-refractivity contribution is -0.137. The fourth-order valence-electron chi connectivity index (χ4n) is 2.65. The molecule has 164 valence electrons. The number of nitrogens with zero attached hydrogens (tertiary/aromatic N) is 2. The largest absolute Gasteiger partial charge is 0.493 e. The van der Waals surface area contributed by atoms with Crippen LogP contribution in [0.3, 0.4) is 0 Å². The van der Waals surface area contributed by atoms with Crippen molar-refractivity contribution in [3.8, 4) is 28.8 Å². The van der Waals surface area contributed by atoms with E-state index in [1.54, 1.807) is 29.7 Å². The molecule has 0 fully saturated rings. The normalized spacial score (nSPS) is 11.2. The molecule has 0 aliphatic carbocycles. The number of methoxy groups -OCH3 is 1. The highest BCUT2D eigenvalue weighted by atomic mass is 32.1. The highest BCUT2D eigenvalue weighted by molar-refractivity contribution is 7.14. The van der Waals surface area contributed by atoms with Crippen LogP contribution in [0.2, 0.25) is 0 Å². The number of benzene rings is 2. The molecule has 2 aromatic carbocycles. The van der Waals surface area contributed by atoms with Crippen LogP contribution in [0.15, 0.2) is 53.9 Å². The van der Waals surface area contributed by atoms with Gasteiger partial charge in [-0.25, -0.2) is 4.98 Å². The fraction of sp³-hybridized carbons (Fsp3) is 0.136. The average Bonchev–Trinajstić information content (AvgIpc) is 3.24. The zero-order chi connectivity index (χ0) is 23.1. The van der Waals surface area contributed by atoms with Gasteiger partial charge in [-0.05, 0) is 35.9 Å². The van der Waals surface area contributed by atoms with Gasteiger partial charge in [0.2, 0.25) is 5.91 Å². The predicted octanol–water partition coefficient (Wildman–Crippen LogP) is 5.39. The molecule has 10 heteroatoms. The zero-order valence-corrected chi connectivity index (χ0v) is 17.5. The van der Waals surface area contributed by atoms with E-state index in [1.165, 1.54) is 25.3 Å². The molecular weight excluding hydrogens is 443 g/mol. The van der Waals surface area contributed by atoms with Gasteiger partial charge in [0.05, 0.1) is 18.4 Å². The summed E-state index contributed by atoms with van der Waals surface area (Å²) in [6.07, 6.45) is -1.61. The maximum Gasteiger partial charge on any atom is 0.416 e. The predicted molar refractivity (Wildman–Crippen MR) is 114 cm³/mol. The molecule has 0 aliphatic rings. The molecule has 0 saturated heterocycles. The molecule has 1 heterocycles. The Morgan fingerprint density at radius 3 is 2.78 bits per heavy atom. The Morgan fingerprint density at radius 2 is 2.06 bits per heavy atom. The zero-order valence-electron chi connectivity index (χ0n) is 16.6. The summed E-state index contributed by atoms with van der Waals surface area (Å²) in [7, 11) is 1.46. The number of halogens is 3. The second kappa shape index (κ2) is 9.98. The van der Waals surface area contributed by atoms with Crippen LogP contribution in [0.25, 0.3) is 17.3 Å². The van der Waals surface area contributed by atoms with E-state index in [-0.39, 0.29) is 11.7 Å². The average molecular weight is 459 g/mol. The third kappa shape index (κ3) is 5.86. The number of nitrogens with one attached hydrogen (secondary N) is 1. The van der Waals surface area contributed by atoms with Crippen LogP contribution in [0.4, 0.5) is 18.3 Å². The number of rotatable bonds is 7. The van der Waals surface area contributed by atoms with Crippen molar-refractivity contribution in [1.82, 2.24) is 4.98 Å². The van der Waals surface area contributed by atoms with E-state index in [0.29, 0.717) is 28.3 Å². The second-order valence-corrected chi connectivity index (χ2v) is 7.15. The highest BCUT2D eigenvalue weighted by Crippen LogP contribution is 2.33. The quantitative estimate of drug-likeness (QED) is 0.479. The van der Waals surface area contributed by atoms with Crippen molar-refractivity contribution in [2.24, 2.45) is 0 Å². The molecule has 0 spiro atoms. The Morgan fingerprint density at radius 1 is 1.25 bits per heavy atom. The first kappa shape index (κ1) is 22.8. The molecule has 1 amide bonds. The second-order valence-electron chi connectivity index (χ2n) is 6.30. The number of ether oxygens (including phenoxy) is 2. The molecule has 3 aromatic rings. The fourth-order valence-corrected chi connectivity index (χ4v) is 3.38. The van der Waals surface area contributed by atoms with E-state index >= 15 is 0 Å². The third-order valence-corrected chi connectivity index (χ3v) is 4.88. The Balaban J connectivity index is 1.67. The van der Waals surface area contributed by atoms with Crippen LogP contribution < -0.4 is 14.8 Å². The molecule has 0 aliphatic heterocycles.